The molecule has 0 aliphatic carbocycles. The van der Waals surface area contributed by atoms with Crippen molar-refractivity contribution in [1.82, 2.24) is 9.88 Å². The van der Waals surface area contributed by atoms with Crippen molar-refractivity contribution in [3.8, 4) is 5.88 Å². The van der Waals surface area contributed by atoms with E-state index in [2.05, 4.69) is 15.0 Å². The number of hydrogen-bond donors (Lipinski definition) is 2. The van der Waals surface area contributed by atoms with Crippen LogP contribution >= 0.6 is 0 Å². The first-order chi connectivity index (χ1) is 9.61. The van der Waals surface area contributed by atoms with Crippen molar-refractivity contribution in [2.75, 3.05) is 26.2 Å². The summed E-state index contributed by atoms with van der Waals surface area (Å²) in [6, 6.07) is 1.89. The molecule has 6 nitrogen and oxygen atoms in total. The summed E-state index contributed by atoms with van der Waals surface area (Å²) in [5, 5.41) is 11.9. The Morgan fingerprint density at radius 3 is 2.80 bits per heavy atom. The number of hydrogen-bond acceptors (Lipinski definition) is 5. The maximum Gasteiger partial charge on any atom is 0.225 e. The molecule has 3 N–H and O–H groups in total. The summed E-state index contributed by atoms with van der Waals surface area (Å²) in [5.41, 5.74) is 8.03. The predicted octanol–water partition coefficient (Wildman–Crippen LogP) is 1.27. The van der Waals surface area contributed by atoms with Crippen LogP contribution in [0.3, 0.4) is 0 Å². The smallest absolute Gasteiger partial charge is 0.225 e. The van der Waals surface area contributed by atoms with E-state index >= 15 is 0 Å². The lowest BCUT2D eigenvalue weighted by Crippen LogP contribution is -2.26. The van der Waals surface area contributed by atoms with Gasteiger partial charge >= 0.3 is 0 Å². The van der Waals surface area contributed by atoms with Crippen molar-refractivity contribution in [3.05, 3.63) is 22.9 Å². The quantitative estimate of drug-likeness (QED) is 0.367. The number of likely N-dealkylation sites (tertiary alicyclic amines) is 1. The fraction of sp³-hybridized carbons (Fsp3) is 0.571. The highest BCUT2D eigenvalue weighted by atomic mass is 16.5. The molecule has 1 aromatic rings. The minimum atomic E-state index is 0.0335. The second-order valence-electron chi connectivity index (χ2n) is 5.14. The Hall–Kier alpha value is -1.82. The minimum Gasteiger partial charge on any atom is -0.476 e. The van der Waals surface area contributed by atoms with Crippen LogP contribution in [0, 0.1) is 13.8 Å². The number of amidine groups is 1. The number of oxime groups is 1. The highest BCUT2D eigenvalue weighted by Gasteiger charge is 2.16. The Morgan fingerprint density at radius 1 is 1.45 bits per heavy atom. The first kappa shape index (κ1) is 14.6. The lowest BCUT2D eigenvalue weighted by Gasteiger charge is -2.16. The molecule has 1 fully saturated rings. The number of aromatic nitrogens is 1. The van der Waals surface area contributed by atoms with Gasteiger partial charge in [0.05, 0.1) is 5.56 Å². The standard InChI is InChI=1S/C14H22N4O2/c1-10-9-11(2)16-14(12(10)13(15)17-19)20-8-7-18-5-3-4-6-18/h9,19H,3-8H2,1-2H3,(H2,15,17). The zero-order valence-electron chi connectivity index (χ0n) is 12.1. The molecule has 0 atom stereocenters. The normalized spacial score (nSPS) is 16.6. The number of nitrogens with two attached hydrogens (primary N) is 1. The molecule has 0 bridgehead atoms. The monoisotopic (exact) mass is 278 g/mol. The van der Waals surface area contributed by atoms with Crippen molar-refractivity contribution in [1.29, 1.82) is 0 Å². The van der Waals surface area contributed by atoms with Crippen LogP contribution in [0.4, 0.5) is 0 Å². The van der Waals surface area contributed by atoms with Crippen LogP contribution in [0.1, 0.15) is 29.7 Å². The molecule has 0 spiro atoms. The van der Waals surface area contributed by atoms with Gasteiger partial charge in [0.15, 0.2) is 5.84 Å². The SMILES string of the molecule is Cc1cc(C)c(C(N)=NO)c(OCCN2CCCC2)n1. The van der Waals surface area contributed by atoms with Crippen molar-refractivity contribution < 1.29 is 9.94 Å². The first-order valence-corrected chi connectivity index (χ1v) is 6.93. The van der Waals surface area contributed by atoms with Gasteiger partial charge in [-0.15, -0.1) is 0 Å². The van der Waals surface area contributed by atoms with Crippen LogP contribution in [0.5, 0.6) is 5.88 Å². The Morgan fingerprint density at radius 2 is 2.15 bits per heavy atom. The Labute approximate surface area is 119 Å². The minimum absolute atomic E-state index is 0.0335. The molecule has 0 amide bonds. The van der Waals surface area contributed by atoms with Gasteiger partial charge in [-0.1, -0.05) is 5.16 Å². The maximum absolute atomic E-state index is 8.88. The van der Waals surface area contributed by atoms with Crippen LogP contribution in [0.2, 0.25) is 0 Å². The summed E-state index contributed by atoms with van der Waals surface area (Å²) >= 11 is 0. The average Bonchev–Trinajstić information content (AvgIpc) is 2.90. The molecule has 1 aromatic heterocycles. The van der Waals surface area contributed by atoms with Crippen LogP contribution in [-0.4, -0.2) is 47.2 Å². The summed E-state index contributed by atoms with van der Waals surface area (Å²) in [4.78, 5) is 6.72. The molecular weight excluding hydrogens is 256 g/mol. The molecule has 1 aliphatic rings. The second kappa shape index (κ2) is 6.56. The number of aryl methyl sites for hydroxylation is 2. The van der Waals surface area contributed by atoms with Crippen molar-refractivity contribution in [2.24, 2.45) is 10.9 Å². The van der Waals surface area contributed by atoms with Crippen molar-refractivity contribution >= 4 is 5.84 Å². The van der Waals surface area contributed by atoms with Gasteiger partial charge in [-0.25, -0.2) is 4.98 Å². The second-order valence-corrected chi connectivity index (χ2v) is 5.14. The molecule has 2 rings (SSSR count). The molecule has 0 radical (unpaired) electrons. The van der Waals surface area contributed by atoms with Gasteiger partial charge in [-0.05, 0) is 51.4 Å². The molecule has 2 heterocycles. The number of nitrogens with zero attached hydrogens (tertiary/aromatic N) is 3. The molecule has 6 heteroatoms. The van der Waals surface area contributed by atoms with E-state index < -0.39 is 0 Å². The van der Waals surface area contributed by atoms with E-state index in [1.807, 2.05) is 19.9 Å². The molecule has 0 aromatic carbocycles. The van der Waals surface area contributed by atoms with E-state index in [1.54, 1.807) is 0 Å². The van der Waals surface area contributed by atoms with Gasteiger partial charge in [0.25, 0.3) is 0 Å². The van der Waals surface area contributed by atoms with Gasteiger partial charge in [0, 0.05) is 12.2 Å². The summed E-state index contributed by atoms with van der Waals surface area (Å²) in [6.45, 7) is 7.51. The first-order valence-electron chi connectivity index (χ1n) is 6.93. The lowest BCUT2D eigenvalue weighted by atomic mass is 10.1. The van der Waals surface area contributed by atoms with Gasteiger partial charge in [0.1, 0.15) is 6.61 Å². The van der Waals surface area contributed by atoms with E-state index in [9.17, 15) is 0 Å². The summed E-state index contributed by atoms with van der Waals surface area (Å²) < 4.78 is 5.76. The van der Waals surface area contributed by atoms with Gasteiger partial charge in [0.2, 0.25) is 5.88 Å². The summed E-state index contributed by atoms with van der Waals surface area (Å²) in [7, 11) is 0. The fourth-order valence-corrected chi connectivity index (χ4v) is 2.55. The zero-order chi connectivity index (χ0) is 14.5. The van der Waals surface area contributed by atoms with Crippen LogP contribution < -0.4 is 10.5 Å². The molecule has 1 aliphatic heterocycles. The third-order valence-corrected chi connectivity index (χ3v) is 3.52. The number of pyridine rings is 1. The Kier molecular flexibility index (Phi) is 4.79. The van der Waals surface area contributed by atoms with Gasteiger partial charge in [-0.2, -0.15) is 0 Å². The third kappa shape index (κ3) is 3.39. The third-order valence-electron chi connectivity index (χ3n) is 3.52. The van der Waals surface area contributed by atoms with E-state index in [-0.39, 0.29) is 5.84 Å². The predicted molar refractivity (Wildman–Crippen MR) is 77.4 cm³/mol. The maximum atomic E-state index is 8.88. The summed E-state index contributed by atoms with van der Waals surface area (Å²) in [6.07, 6.45) is 2.52. The van der Waals surface area contributed by atoms with Crippen LogP contribution in [0.15, 0.2) is 11.2 Å². The van der Waals surface area contributed by atoms with Crippen molar-refractivity contribution in [3.63, 3.8) is 0 Å². The lowest BCUT2D eigenvalue weighted by molar-refractivity contribution is 0.231. The molecule has 0 saturated carbocycles. The zero-order valence-corrected chi connectivity index (χ0v) is 12.1. The topological polar surface area (TPSA) is 84.0 Å². The highest BCUT2D eigenvalue weighted by Crippen LogP contribution is 2.21. The largest absolute Gasteiger partial charge is 0.476 e. The molecular formula is C14H22N4O2. The van der Waals surface area contributed by atoms with Gasteiger partial charge in [-0.3, -0.25) is 4.90 Å². The average molecular weight is 278 g/mol. The molecule has 20 heavy (non-hydrogen) atoms. The summed E-state index contributed by atoms with van der Waals surface area (Å²) in [5.74, 6) is 0.475. The Balaban J connectivity index is 2.08. The van der Waals surface area contributed by atoms with Crippen LogP contribution in [0.25, 0.3) is 0 Å². The van der Waals surface area contributed by atoms with Gasteiger partial charge < -0.3 is 15.7 Å². The van der Waals surface area contributed by atoms with Crippen LogP contribution in [-0.2, 0) is 0 Å². The van der Waals surface area contributed by atoms with E-state index in [0.717, 1.165) is 30.9 Å². The van der Waals surface area contributed by atoms with E-state index in [1.165, 1.54) is 12.8 Å². The molecule has 110 valence electrons. The van der Waals surface area contributed by atoms with E-state index in [4.69, 9.17) is 15.7 Å². The molecule has 0 unspecified atom stereocenters. The van der Waals surface area contributed by atoms with E-state index in [0.29, 0.717) is 18.1 Å². The number of ether oxygens (including phenoxy) is 1. The number of rotatable bonds is 5. The van der Waals surface area contributed by atoms with Crippen molar-refractivity contribution in [2.45, 2.75) is 26.7 Å². The fourth-order valence-electron chi connectivity index (χ4n) is 2.55. The molecule has 1 saturated heterocycles. The highest BCUT2D eigenvalue weighted by molar-refractivity contribution is 6.00. The Bertz CT molecular complexity index is 496.